The first-order valence-corrected chi connectivity index (χ1v) is 6.65. The molecule has 0 nitrogen and oxygen atoms in total. The van der Waals surface area contributed by atoms with Crippen molar-refractivity contribution in [2.75, 3.05) is 11.5 Å². The molecule has 3 heteroatoms. The molecule has 0 radical (unpaired) electrons. The largest absolute Gasteiger partial charge is 0.0942 e. The van der Waals surface area contributed by atoms with Crippen molar-refractivity contribution in [1.82, 2.24) is 0 Å². The van der Waals surface area contributed by atoms with Gasteiger partial charge in [-0.25, -0.2) is 0 Å². The van der Waals surface area contributed by atoms with Crippen LogP contribution in [-0.2, 0) is 19.5 Å². The second kappa shape index (κ2) is 13.9. The van der Waals surface area contributed by atoms with E-state index in [2.05, 4.69) is 13.8 Å². The molecule has 0 fully saturated rings. The van der Waals surface area contributed by atoms with Crippen LogP contribution in [0.25, 0.3) is 0 Å². The molecule has 0 unspecified atom stereocenters. The molecule has 0 atom stereocenters. The van der Waals surface area contributed by atoms with Crippen LogP contribution >= 0.6 is 21.6 Å². The van der Waals surface area contributed by atoms with Crippen LogP contribution in [0.1, 0.15) is 39.5 Å². The van der Waals surface area contributed by atoms with Crippen molar-refractivity contribution in [2.24, 2.45) is 0 Å². The third-order valence-corrected chi connectivity index (χ3v) is 3.82. The molecule has 0 saturated carbocycles. The fraction of sp³-hybridized carbons (Fsp3) is 1.00. The first-order valence-electron chi connectivity index (χ1n) is 4.16. The molecule has 0 aromatic rings. The summed E-state index contributed by atoms with van der Waals surface area (Å²) >= 11 is 0. The molecule has 0 aromatic heterocycles. The van der Waals surface area contributed by atoms with Crippen molar-refractivity contribution in [3.8, 4) is 0 Å². The second-order valence-electron chi connectivity index (χ2n) is 2.35. The quantitative estimate of drug-likeness (QED) is 0.377. The Kier molecular flexibility index (Phi) is 18.7. The van der Waals surface area contributed by atoms with Gasteiger partial charge in [-0.2, -0.15) is 0 Å². The zero-order chi connectivity index (χ0) is 7.66. The maximum absolute atomic E-state index is 2.25. The Balaban J connectivity index is 0. The van der Waals surface area contributed by atoms with Crippen LogP contribution in [-0.4, -0.2) is 11.5 Å². The molecule has 0 spiro atoms. The van der Waals surface area contributed by atoms with Gasteiger partial charge in [0.05, 0.1) is 0 Å². The average molecular weight is 244 g/mol. The average Bonchev–Trinajstić information content (AvgIpc) is 1.97. The summed E-state index contributed by atoms with van der Waals surface area (Å²) in [4.78, 5) is 0. The van der Waals surface area contributed by atoms with Crippen molar-refractivity contribution < 1.29 is 19.5 Å². The van der Waals surface area contributed by atoms with Gasteiger partial charge in [0.25, 0.3) is 0 Å². The van der Waals surface area contributed by atoms with Crippen molar-refractivity contribution in [3.05, 3.63) is 0 Å². The Morgan fingerprint density at radius 2 is 1.18 bits per heavy atom. The number of hydrogen-bond donors (Lipinski definition) is 0. The van der Waals surface area contributed by atoms with Crippen LogP contribution in [0, 0.1) is 0 Å². The van der Waals surface area contributed by atoms with E-state index in [-0.39, 0.29) is 19.5 Å². The van der Waals surface area contributed by atoms with E-state index in [4.69, 9.17) is 0 Å². The maximum Gasteiger partial charge on any atom is 0.00368 e. The smallest absolute Gasteiger partial charge is 0.00368 e. The van der Waals surface area contributed by atoms with Crippen LogP contribution in [0.15, 0.2) is 0 Å². The van der Waals surface area contributed by atoms with Crippen LogP contribution < -0.4 is 0 Å². The second-order valence-corrected chi connectivity index (χ2v) is 5.05. The molecule has 0 aliphatic heterocycles. The summed E-state index contributed by atoms with van der Waals surface area (Å²) in [6.45, 7) is 4.49. The standard InChI is InChI=1S/C8H18S2.Zn/c1-3-5-7-9-10-8-6-4-2;/h3-8H2,1-2H3;. The first kappa shape index (κ1) is 14.8. The summed E-state index contributed by atoms with van der Waals surface area (Å²) in [5.41, 5.74) is 0. The predicted molar refractivity (Wildman–Crippen MR) is 54.7 cm³/mol. The molecule has 0 heterocycles. The van der Waals surface area contributed by atoms with E-state index in [1.54, 1.807) is 0 Å². The van der Waals surface area contributed by atoms with E-state index < -0.39 is 0 Å². The monoisotopic (exact) mass is 242 g/mol. The Morgan fingerprint density at radius 1 is 0.818 bits per heavy atom. The van der Waals surface area contributed by atoms with Gasteiger partial charge >= 0.3 is 0 Å². The molecular formula is C8H18S2Zn. The third kappa shape index (κ3) is 14.2. The van der Waals surface area contributed by atoms with E-state index in [0.717, 1.165) is 0 Å². The molecule has 11 heavy (non-hydrogen) atoms. The fourth-order valence-electron chi connectivity index (χ4n) is 0.524. The van der Waals surface area contributed by atoms with Crippen molar-refractivity contribution in [1.29, 1.82) is 0 Å². The van der Waals surface area contributed by atoms with E-state index in [0.29, 0.717) is 0 Å². The first-order chi connectivity index (χ1) is 4.91. The van der Waals surface area contributed by atoms with Gasteiger partial charge in [-0.05, 0) is 12.8 Å². The van der Waals surface area contributed by atoms with Gasteiger partial charge in [-0.3, -0.25) is 0 Å². The molecule has 0 amide bonds. The van der Waals surface area contributed by atoms with E-state index >= 15 is 0 Å². The maximum atomic E-state index is 2.25. The minimum atomic E-state index is 0. The Bertz CT molecular complexity index is 52.1. The molecule has 0 rings (SSSR count). The Morgan fingerprint density at radius 3 is 1.45 bits per heavy atom. The molecule has 0 saturated heterocycles. The van der Waals surface area contributed by atoms with Gasteiger partial charge in [0.1, 0.15) is 0 Å². The van der Waals surface area contributed by atoms with Crippen LogP contribution in [0.5, 0.6) is 0 Å². The Hall–Kier alpha value is 1.32. The summed E-state index contributed by atoms with van der Waals surface area (Å²) in [7, 11) is 4.07. The number of hydrogen-bond acceptors (Lipinski definition) is 2. The minimum Gasteiger partial charge on any atom is -0.0942 e. The molecular weight excluding hydrogens is 226 g/mol. The fourth-order valence-corrected chi connectivity index (χ4v) is 2.99. The molecule has 0 N–H and O–H groups in total. The zero-order valence-corrected chi connectivity index (χ0v) is 12.4. The summed E-state index contributed by atoms with van der Waals surface area (Å²) < 4.78 is 0. The molecule has 0 aliphatic rings. The van der Waals surface area contributed by atoms with Crippen molar-refractivity contribution in [2.45, 2.75) is 39.5 Å². The van der Waals surface area contributed by atoms with E-state index in [9.17, 15) is 0 Å². The SMILES string of the molecule is CCCCSSCCCC.[Zn]. The number of unbranched alkanes of at least 4 members (excludes halogenated alkanes) is 2. The van der Waals surface area contributed by atoms with Gasteiger partial charge in [0.15, 0.2) is 0 Å². The van der Waals surface area contributed by atoms with Gasteiger partial charge in [0, 0.05) is 31.0 Å². The topological polar surface area (TPSA) is 0 Å². The Labute approximate surface area is 91.8 Å². The van der Waals surface area contributed by atoms with E-state index in [1.165, 1.54) is 37.2 Å². The normalized spacial score (nSPS) is 9.27. The zero-order valence-electron chi connectivity index (χ0n) is 7.77. The minimum absolute atomic E-state index is 0. The van der Waals surface area contributed by atoms with Crippen molar-refractivity contribution >= 4 is 21.6 Å². The van der Waals surface area contributed by atoms with Gasteiger partial charge < -0.3 is 0 Å². The van der Waals surface area contributed by atoms with Crippen LogP contribution in [0.2, 0.25) is 0 Å². The molecule has 0 aromatic carbocycles. The predicted octanol–water partition coefficient (Wildman–Crippen LogP) is 3.97. The molecule has 0 bridgehead atoms. The summed E-state index contributed by atoms with van der Waals surface area (Å²) in [5.74, 6) is 2.68. The van der Waals surface area contributed by atoms with Crippen LogP contribution in [0.4, 0.5) is 0 Å². The van der Waals surface area contributed by atoms with Gasteiger partial charge in [-0.15, -0.1) is 0 Å². The van der Waals surface area contributed by atoms with Gasteiger partial charge in [-0.1, -0.05) is 48.3 Å². The van der Waals surface area contributed by atoms with Crippen molar-refractivity contribution in [3.63, 3.8) is 0 Å². The summed E-state index contributed by atoms with van der Waals surface area (Å²) in [6, 6.07) is 0. The summed E-state index contributed by atoms with van der Waals surface area (Å²) in [6.07, 6.45) is 5.43. The number of rotatable bonds is 7. The van der Waals surface area contributed by atoms with Crippen LogP contribution in [0.3, 0.4) is 0 Å². The van der Waals surface area contributed by atoms with Gasteiger partial charge in [0.2, 0.25) is 0 Å². The molecule has 0 aliphatic carbocycles. The molecule has 64 valence electrons. The third-order valence-electron chi connectivity index (χ3n) is 1.25. The summed E-state index contributed by atoms with van der Waals surface area (Å²) in [5, 5.41) is 0. The van der Waals surface area contributed by atoms with E-state index in [1.807, 2.05) is 21.6 Å².